The van der Waals surface area contributed by atoms with Crippen molar-refractivity contribution < 1.29 is 9.90 Å². The van der Waals surface area contributed by atoms with Crippen LogP contribution in [0.3, 0.4) is 0 Å². The minimum absolute atomic E-state index is 0.734. The quantitative estimate of drug-likeness (QED) is 0.220. The van der Waals surface area contributed by atoms with Gasteiger partial charge in [-0.05, 0) is 92.3 Å². The van der Waals surface area contributed by atoms with Crippen LogP contribution in [0.15, 0.2) is 84.9 Å². The molecule has 0 unspecified atom stereocenters. The van der Waals surface area contributed by atoms with Gasteiger partial charge in [-0.2, -0.15) is 0 Å². The first-order valence-corrected chi connectivity index (χ1v) is 12.9. The maximum atomic E-state index is 12.6. The number of anilines is 4. The van der Waals surface area contributed by atoms with Gasteiger partial charge in [0.1, 0.15) is 5.41 Å². The van der Waals surface area contributed by atoms with Crippen molar-refractivity contribution in [3.05, 3.63) is 118 Å². The second kappa shape index (κ2) is 10.9. The number of nitrogens with one attached hydrogen (secondary N) is 2. The Morgan fingerprint density at radius 3 is 1.38 bits per heavy atom. The van der Waals surface area contributed by atoms with Crippen LogP contribution < -0.4 is 10.6 Å². The molecule has 0 aliphatic heterocycles. The number of hydrogen-bond acceptors (Lipinski definition) is 3. The summed E-state index contributed by atoms with van der Waals surface area (Å²) in [5.74, 6) is -0.882. The van der Waals surface area contributed by atoms with Crippen LogP contribution in [0.2, 0.25) is 0 Å². The van der Waals surface area contributed by atoms with Gasteiger partial charge in [-0.15, -0.1) is 0 Å². The predicted molar refractivity (Wildman–Crippen MR) is 155 cm³/mol. The number of benzene rings is 4. The minimum Gasteiger partial charge on any atom is -0.480 e. The molecule has 4 aromatic rings. The largest absolute Gasteiger partial charge is 0.480 e. The topological polar surface area (TPSA) is 61.4 Å². The second-order valence-corrected chi connectivity index (χ2v) is 9.86. The Kier molecular flexibility index (Phi) is 7.68. The summed E-state index contributed by atoms with van der Waals surface area (Å²) in [4.78, 5) is 12.6. The Balaban J connectivity index is 1.57. The summed E-state index contributed by atoms with van der Waals surface area (Å²) >= 11 is 0. The molecular formula is C33H36N2O2. The van der Waals surface area contributed by atoms with Gasteiger partial charge in [-0.3, -0.25) is 4.79 Å². The van der Waals surface area contributed by atoms with E-state index in [9.17, 15) is 9.90 Å². The van der Waals surface area contributed by atoms with Crippen LogP contribution in [-0.2, 0) is 23.1 Å². The standard InChI is InChI=1S/C33H36N2O2/c1-6-24-20-22(3)8-18-30(24)34-28-14-10-26(11-15-28)33(5,32(36)37)27-12-16-29(17-13-27)35-31-19-9-23(4)21-25(31)7-2/h8-21,34-35H,6-7H2,1-5H3,(H,36,37). The molecule has 0 fully saturated rings. The molecule has 0 aromatic heterocycles. The molecular weight excluding hydrogens is 456 g/mol. The number of aryl methyl sites for hydroxylation is 4. The van der Waals surface area contributed by atoms with Gasteiger partial charge in [0.2, 0.25) is 0 Å². The van der Waals surface area contributed by atoms with E-state index in [0.29, 0.717) is 0 Å². The predicted octanol–water partition coefficient (Wildman–Crippen LogP) is 8.31. The molecule has 0 aliphatic rings. The molecule has 4 heteroatoms. The smallest absolute Gasteiger partial charge is 0.318 e. The summed E-state index contributed by atoms with van der Waals surface area (Å²) in [6.45, 7) is 10.2. The number of carboxylic acid groups (broad SMARTS) is 1. The van der Waals surface area contributed by atoms with E-state index >= 15 is 0 Å². The summed E-state index contributed by atoms with van der Waals surface area (Å²) < 4.78 is 0. The van der Waals surface area contributed by atoms with Crippen molar-refractivity contribution in [2.24, 2.45) is 0 Å². The number of carboxylic acids is 1. The monoisotopic (exact) mass is 492 g/mol. The summed E-state index contributed by atoms with van der Waals surface area (Å²) in [5.41, 5.74) is 9.29. The van der Waals surface area contributed by atoms with Gasteiger partial charge in [-0.25, -0.2) is 0 Å². The molecule has 3 N–H and O–H groups in total. The van der Waals surface area contributed by atoms with Crippen LogP contribution in [0.1, 0.15) is 54.2 Å². The summed E-state index contributed by atoms with van der Waals surface area (Å²) in [6.07, 6.45) is 1.88. The van der Waals surface area contributed by atoms with E-state index in [1.807, 2.05) is 48.5 Å². The lowest BCUT2D eigenvalue weighted by atomic mass is 9.76. The second-order valence-electron chi connectivity index (χ2n) is 9.86. The van der Waals surface area contributed by atoms with Crippen molar-refractivity contribution >= 4 is 28.7 Å². The fourth-order valence-corrected chi connectivity index (χ4v) is 4.77. The Bertz CT molecular complexity index is 1290. The highest BCUT2D eigenvalue weighted by Crippen LogP contribution is 2.35. The van der Waals surface area contributed by atoms with Gasteiger partial charge in [-0.1, -0.05) is 73.5 Å². The maximum Gasteiger partial charge on any atom is 0.318 e. The van der Waals surface area contributed by atoms with Crippen LogP contribution in [0.25, 0.3) is 0 Å². The third kappa shape index (κ3) is 5.54. The lowest BCUT2D eigenvalue weighted by Gasteiger charge is -2.27. The molecule has 4 rings (SSSR count). The fourth-order valence-electron chi connectivity index (χ4n) is 4.77. The average molecular weight is 493 g/mol. The lowest BCUT2D eigenvalue weighted by Crippen LogP contribution is -2.33. The molecule has 0 bridgehead atoms. The van der Waals surface area contributed by atoms with E-state index in [1.165, 1.54) is 22.3 Å². The first kappa shape index (κ1) is 26.0. The van der Waals surface area contributed by atoms with Gasteiger partial charge in [0.25, 0.3) is 0 Å². The Morgan fingerprint density at radius 1 is 0.676 bits per heavy atom. The molecule has 4 aromatic carbocycles. The maximum absolute atomic E-state index is 12.6. The lowest BCUT2D eigenvalue weighted by molar-refractivity contribution is -0.141. The van der Waals surface area contributed by atoms with E-state index in [1.54, 1.807) is 6.92 Å². The summed E-state index contributed by atoms with van der Waals surface area (Å²) in [7, 11) is 0. The van der Waals surface area contributed by atoms with Crippen LogP contribution in [0, 0.1) is 13.8 Å². The zero-order valence-corrected chi connectivity index (χ0v) is 22.4. The van der Waals surface area contributed by atoms with E-state index in [-0.39, 0.29) is 0 Å². The number of hydrogen-bond donors (Lipinski definition) is 3. The van der Waals surface area contributed by atoms with Crippen LogP contribution in [-0.4, -0.2) is 11.1 Å². The molecule has 0 amide bonds. The molecule has 37 heavy (non-hydrogen) atoms. The molecule has 0 radical (unpaired) electrons. The first-order chi connectivity index (χ1) is 17.7. The van der Waals surface area contributed by atoms with Crippen LogP contribution >= 0.6 is 0 Å². The third-order valence-corrected chi connectivity index (χ3v) is 7.19. The van der Waals surface area contributed by atoms with Crippen molar-refractivity contribution in [3.63, 3.8) is 0 Å². The summed E-state index contributed by atoms with van der Waals surface area (Å²) in [6, 6.07) is 28.2. The number of carbonyl (C=O) groups is 1. The third-order valence-electron chi connectivity index (χ3n) is 7.19. The Labute approximate surface area is 220 Å². The van der Waals surface area contributed by atoms with E-state index in [2.05, 4.69) is 74.7 Å². The van der Waals surface area contributed by atoms with Gasteiger partial charge in [0.05, 0.1) is 0 Å². The number of rotatable bonds is 9. The van der Waals surface area contributed by atoms with Crippen LogP contribution in [0.4, 0.5) is 22.7 Å². The van der Waals surface area contributed by atoms with Crippen molar-refractivity contribution in [2.75, 3.05) is 10.6 Å². The van der Waals surface area contributed by atoms with E-state index in [4.69, 9.17) is 0 Å². The molecule has 4 nitrogen and oxygen atoms in total. The van der Waals surface area contributed by atoms with Crippen molar-refractivity contribution in [1.82, 2.24) is 0 Å². The molecule has 0 atom stereocenters. The average Bonchev–Trinajstić information content (AvgIpc) is 2.90. The highest BCUT2D eigenvalue weighted by atomic mass is 16.4. The van der Waals surface area contributed by atoms with E-state index < -0.39 is 11.4 Å². The van der Waals surface area contributed by atoms with Gasteiger partial charge in [0.15, 0.2) is 0 Å². The van der Waals surface area contributed by atoms with Gasteiger partial charge in [0, 0.05) is 22.7 Å². The highest BCUT2D eigenvalue weighted by molar-refractivity contribution is 5.86. The van der Waals surface area contributed by atoms with Crippen molar-refractivity contribution in [2.45, 2.75) is 52.9 Å². The minimum atomic E-state index is -1.17. The number of aliphatic carboxylic acids is 1. The highest BCUT2D eigenvalue weighted by Gasteiger charge is 2.37. The van der Waals surface area contributed by atoms with Gasteiger partial charge < -0.3 is 15.7 Å². The molecule has 0 heterocycles. The molecule has 0 aliphatic carbocycles. The Morgan fingerprint density at radius 2 is 1.05 bits per heavy atom. The molecule has 0 saturated heterocycles. The SMILES string of the molecule is CCc1cc(C)ccc1Nc1ccc(C(C)(C(=O)O)c2ccc(Nc3ccc(C)cc3CC)cc2)cc1. The first-order valence-electron chi connectivity index (χ1n) is 12.9. The molecule has 190 valence electrons. The van der Waals surface area contributed by atoms with Crippen molar-refractivity contribution in [1.29, 1.82) is 0 Å². The van der Waals surface area contributed by atoms with Gasteiger partial charge >= 0.3 is 5.97 Å². The zero-order chi connectivity index (χ0) is 26.6. The normalized spacial score (nSPS) is 11.3. The van der Waals surface area contributed by atoms with E-state index in [0.717, 1.165) is 46.7 Å². The Hall–Kier alpha value is -4.05. The van der Waals surface area contributed by atoms with Crippen LogP contribution in [0.5, 0.6) is 0 Å². The van der Waals surface area contributed by atoms with Crippen molar-refractivity contribution in [3.8, 4) is 0 Å². The molecule has 0 spiro atoms. The molecule has 0 saturated carbocycles. The summed E-state index contributed by atoms with van der Waals surface area (Å²) in [5, 5.41) is 17.3. The fraction of sp³-hybridized carbons (Fsp3) is 0.242. The zero-order valence-electron chi connectivity index (χ0n) is 22.4.